The number of benzene rings is 1. The number of hydrogen-bond donors (Lipinski definition) is 1. The van der Waals surface area contributed by atoms with Crippen molar-refractivity contribution in [3.63, 3.8) is 0 Å². The molecular formula is C20H24N6O. The van der Waals surface area contributed by atoms with Gasteiger partial charge in [-0.1, -0.05) is 23.4 Å². The predicted octanol–water partition coefficient (Wildman–Crippen LogP) is 2.32. The van der Waals surface area contributed by atoms with Crippen molar-refractivity contribution < 1.29 is 4.79 Å². The van der Waals surface area contributed by atoms with Gasteiger partial charge in [0.15, 0.2) is 5.69 Å². The predicted molar refractivity (Wildman–Crippen MR) is 104 cm³/mol. The van der Waals surface area contributed by atoms with Gasteiger partial charge in [0.2, 0.25) is 0 Å². The minimum atomic E-state index is -0.0719. The highest BCUT2D eigenvalue weighted by Gasteiger charge is 2.29. The Hall–Kier alpha value is -2.80. The molecule has 0 saturated carbocycles. The highest BCUT2D eigenvalue weighted by molar-refractivity contribution is 5.94. The number of piperidine rings is 1. The SMILES string of the molecule is Cc1c(C(=O)N2CCCC(C(C)N)C2)nnn1-c1cccc2cccnc12. The van der Waals surface area contributed by atoms with E-state index in [0.717, 1.165) is 41.7 Å². The molecular weight excluding hydrogens is 340 g/mol. The molecule has 2 atom stereocenters. The molecule has 0 bridgehead atoms. The largest absolute Gasteiger partial charge is 0.337 e. The van der Waals surface area contributed by atoms with Gasteiger partial charge in [0.25, 0.3) is 5.91 Å². The fourth-order valence-corrected chi connectivity index (χ4v) is 3.79. The lowest BCUT2D eigenvalue weighted by Crippen LogP contribution is -2.45. The number of nitrogens with zero attached hydrogens (tertiary/aromatic N) is 5. The van der Waals surface area contributed by atoms with Gasteiger partial charge in [0, 0.05) is 30.7 Å². The topological polar surface area (TPSA) is 89.9 Å². The summed E-state index contributed by atoms with van der Waals surface area (Å²) in [5.41, 5.74) is 8.83. The van der Waals surface area contributed by atoms with E-state index in [2.05, 4.69) is 15.3 Å². The van der Waals surface area contributed by atoms with Crippen LogP contribution >= 0.6 is 0 Å². The van der Waals surface area contributed by atoms with Crippen molar-refractivity contribution in [2.75, 3.05) is 13.1 Å². The molecule has 140 valence electrons. The number of nitrogens with two attached hydrogens (primary N) is 1. The molecule has 1 saturated heterocycles. The smallest absolute Gasteiger partial charge is 0.276 e. The Labute approximate surface area is 158 Å². The second kappa shape index (κ2) is 7.08. The molecule has 7 nitrogen and oxygen atoms in total. The van der Waals surface area contributed by atoms with Gasteiger partial charge in [-0.3, -0.25) is 9.78 Å². The van der Waals surface area contributed by atoms with E-state index in [9.17, 15) is 4.79 Å². The van der Waals surface area contributed by atoms with Crippen LogP contribution < -0.4 is 5.73 Å². The zero-order valence-electron chi connectivity index (χ0n) is 15.7. The van der Waals surface area contributed by atoms with Crippen LogP contribution in [0.3, 0.4) is 0 Å². The second-order valence-electron chi connectivity index (χ2n) is 7.30. The first kappa shape index (κ1) is 17.6. The lowest BCUT2D eigenvalue weighted by Gasteiger charge is -2.34. The molecule has 4 rings (SSSR count). The summed E-state index contributed by atoms with van der Waals surface area (Å²) in [5, 5.41) is 9.49. The molecule has 1 amide bonds. The van der Waals surface area contributed by atoms with E-state index in [1.54, 1.807) is 10.9 Å². The lowest BCUT2D eigenvalue weighted by molar-refractivity contribution is 0.0654. The third kappa shape index (κ3) is 3.19. The van der Waals surface area contributed by atoms with E-state index >= 15 is 0 Å². The molecule has 0 spiro atoms. The van der Waals surface area contributed by atoms with Crippen molar-refractivity contribution in [3.8, 4) is 5.69 Å². The normalized spacial score (nSPS) is 18.6. The van der Waals surface area contributed by atoms with Crippen LogP contribution in [-0.4, -0.2) is 49.9 Å². The Morgan fingerprint density at radius 2 is 2.11 bits per heavy atom. The zero-order chi connectivity index (χ0) is 19.0. The Morgan fingerprint density at radius 1 is 1.30 bits per heavy atom. The third-order valence-corrected chi connectivity index (χ3v) is 5.43. The molecule has 1 aromatic carbocycles. The van der Waals surface area contributed by atoms with Crippen LogP contribution in [0.2, 0.25) is 0 Å². The van der Waals surface area contributed by atoms with Crippen molar-refractivity contribution in [2.45, 2.75) is 32.7 Å². The summed E-state index contributed by atoms with van der Waals surface area (Å²) >= 11 is 0. The van der Waals surface area contributed by atoms with Crippen molar-refractivity contribution in [3.05, 3.63) is 47.9 Å². The third-order valence-electron chi connectivity index (χ3n) is 5.43. The highest BCUT2D eigenvalue weighted by atomic mass is 16.2. The van der Waals surface area contributed by atoms with Crippen LogP contribution in [-0.2, 0) is 0 Å². The van der Waals surface area contributed by atoms with Gasteiger partial charge in [-0.25, -0.2) is 4.68 Å². The van der Waals surface area contributed by atoms with Gasteiger partial charge in [0.1, 0.15) is 0 Å². The first-order valence-electron chi connectivity index (χ1n) is 9.37. The standard InChI is InChI=1S/C20H24N6O/c1-13(21)16-8-5-11-25(12-16)20(27)18-14(2)26(24-23-18)17-9-3-6-15-7-4-10-22-19(15)17/h3-4,6-7,9-10,13,16H,5,8,11-12,21H2,1-2H3. The van der Waals surface area contributed by atoms with E-state index < -0.39 is 0 Å². The summed E-state index contributed by atoms with van der Waals surface area (Å²) < 4.78 is 1.70. The number of para-hydroxylation sites is 1. The maximum absolute atomic E-state index is 13.1. The fourth-order valence-electron chi connectivity index (χ4n) is 3.79. The molecule has 2 unspecified atom stereocenters. The number of rotatable bonds is 3. The second-order valence-corrected chi connectivity index (χ2v) is 7.30. The maximum atomic E-state index is 13.1. The Bertz CT molecular complexity index is 974. The summed E-state index contributed by atoms with van der Waals surface area (Å²) in [7, 11) is 0. The molecule has 3 aromatic rings. The number of amides is 1. The van der Waals surface area contributed by atoms with Crippen molar-refractivity contribution in [1.29, 1.82) is 0 Å². The summed E-state index contributed by atoms with van der Waals surface area (Å²) in [6, 6.07) is 9.90. The van der Waals surface area contributed by atoms with Gasteiger partial charge in [-0.2, -0.15) is 0 Å². The molecule has 3 heterocycles. The minimum absolute atomic E-state index is 0.0719. The van der Waals surface area contributed by atoms with Crippen LogP contribution in [0.25, 0.3) is 16.6 Å². The van der Waals surface area contributed by atoms with E-state index in [4.69, 9.17) is 5.73 Å². The lowest BCUT2D eigenvalue weighted by atomic mass is 9.92. The molecule has 1 aliphatic rings. The number of fused-ring (bicyclic) bond motifs is 1. The van der Waals surface area contributed by atoms with E-state index in [1.165, 1.54) is 0 Å². The monoisotopic (exact) mass is 364 g/mol. The summed E-state index contributed by atoms with van der Waals surface area (Å²) in [6.45, 7) is 5.30. The number of carbonyl (C=O) groups excluding carboxylic acids is 1. The molecule has 1 aliphatic heterocycles. The highest BCUT2D eigenvalue weighted by Crippen LogP contribution is 2.24. The van der Waals surface area contributed by atoms with Crippen molar-refractivity contribution in [1.82, 2.24) is 24.9 Å². The molecule has 2 N–H and O–H groups in total. The van der Waals surface area contributed by atoms with Crippen LogP contribution in [0.4, 0.5) is 0 Å². The number of pyridine rings is 1. The Morgan fingerprint density at radius 3 is 2.93 bits per heavy atom. The molecule has 0 radical (unpaired) electrons. The number of hydrogen-bond acceptors (Lipinski definition) is 5. The molecule has 27 heavy (non-hydrogen) atoms. The number of carbonyl (C=O) groups is 1. The first-order chi connectivity index (χ1) is 13.1. The van der Waals surface area contributed by atoms with Gasteiger partial charge in [-0.15, -0.1) is 5.10 Å². The van der Waals surface area contributed by atoms with Crippen LogP contribution in [0, 0.1) is 12.8 Å². The quantitative estimate of drug-likeness (QED) is 0.770. The summed E-state index contributed by atoms with van der Waals surface area (Å²) in [5.74, 6) is 0.262. The van der Waals surface area contributed by atoms with Crippen LogP contribution in [0.1, 0.15) is 35.9 Å². The Kier molecular flexibility index (Phi) is 4.61. The molecule has 2 aromatic heterocycles. The zero-order valence-corrected chi connectivity index (χ0v) is 15.7. The van der Waals surface area contributed by atoms with Crippen molar-refractivity contribution >= 4 is 16.8 Å². The molecule has 7 heteroatoms. The van der Waals surface area contributed by atoms with Crippen molar-refractivity contribution in [2.24, 2.45) is 11.7 Å². The van der Waals surface area contributed by atoms with Gasteiger partial charge in [0.05, 0.1) is 16.9 Å². The number of aromatic nitrogens is 4. The minimum Gasteiger partial charge on any atom is -0.337 e. The molecule has 1 fully saturated rings. The molecule has 0 aliphatic carbocycles. The number of likely N-dealkylation sites (tertiary alicyclic amines) is 1. The average Bonchev–Trinajstić information content (AvgIpc) is 3.08. The summed E-state index contributed by atoms with van der Waals surface area (Å²) in [4.78, 5) is 19.4. The van der Waals surface area contributed by atoms with Gasteiger partial charge in [-0.05, 0) is 44.7 Å². The Balaban J connectivity index is 1.67. The van der Waals surface area contributed by atoms with Crippen LogP contribution in [0.15, 0.2) is 36.5 Å². The summed E-state index contributed by atoms with van der Waals surface area (Å²) in [6.07, 6.45) is 3.79. The van der Waals surface area contributed by atoms with Crippen LogP contribution in [0.5, 0.6) is 0 Å². The van der Waals surface area contributed by atoms with E-state index in [0.29, 0.717) is 18.2 Å². The first-order valence-corrected chi connectivity index (χ1v) is 9.37. The van der Waals surface area contributed by atoms with E-state index in [-0.39, 0.29) is 11.9 Å². The average molecular weight is 364 g/mol. The van der Waals surface area contributed by atoms with Gasteiger partial charge < -0.3 is 10.6 Å². The van der Waals surface area contributed by atoms with E-state index in [1.807, 2.05) is 49.1 Å². The van der Waals surface area contributed by atoms with Gasteiger partial charge >= 0.3 is 0 Å². The fraction of sp³-hybridized carbons (Fsp3) is 0.400. The maximum Gasteiger partial charge on any atom is 0.276 e.